The summed E-state index contributed by atoms with van der Waals surface area (Å²) in [5.41, 5.74) is 0.476. The van der Waals surface area contributed by atoms with E-state index in [4.69, 9.17) is 5.11 Å². The van der Waals surface area contributed by atoms with Crippen molar-refractivity contribution in [1.29, 1.82) is 0 Å². The summed E-state index contributed by atoms with van der Waals surface area (Å²) in [4.78, 5) is 26.3. The highest BCUT2D eigenvalue weighted by molar-refractivity contribution is 5.93. The molecule has 5 nitrogen and oxygen atoms in total. The van der Waals surface area contributed by atoms with E-state index in [1.54, 1.807) is 24.5 Å². The summed E-state index contributed by atoms with van der Waals surface area (Å²) in [7, 11) is 0. The van der Waals surface area contributed by atoms with Gasteiger partial charge >= 0.3 is 5.97 Å². The number of carboxylic acid groups (broad SMARTS) is 1. The second-order valence-corrected chi connectivity index (χ2v) is 4.09. The Kier molecular flexibility index (Phi) is 4.05. The van der Waals surface area contributed by atoms with Crippen LogP contribution in [0, 0.1) is 5.82 Å². The van der Waals surface area contributed by atoms with Crippen LogP contribution in [0.4, 0.5) is 10.1 Å². The maximum atomic E-state index is 13.6. The van der Waals surface area contributed by atoms with Gasteiger partial charge in [0.15, 0.2) is 0 Å². The zero-order chi connectivity index (χ0) is 14.5. The van der Waals surface area contributed by atoms with Crippen LogP contribution in [0.1, 0.15) is 15.9 Å². The lowest BCUT2D eigenvalue weighted by Crippen LogP contribution is -2.15. The van der Waals surface area contributed by atoms with E-state index in [2.05, 4.69) is 10.3 Å². The number of halogens is 1. The average molecular weight is 274 g/mol. The number of benzene rings is 1. The topological polar surface area (TPSA) is 79.3 Å². The number of carbonyl (C=O) groups is 2. The zero-order valence-corrected chi connectivity index (χ0v) is 10.3. The lowest BCUT2D eigenvalue weighted by atomic mass is 10.1. The molecular formula is C14H11FN2O3. The van der Waals surface area contributed by atoms with E-state index in [1.807, 2.05) is 0 Å². The van der Waals surface area contributed by atoms with E-state index in [0.29, 0.717) is 5.56 Å². The van der Waals surface area contributed by atoms with Gasteiger partial charge in [0.1, 0.15) is 5.82 Å². The predicted molar refractivity (Wildman–Crippen MR) is 69.9 cm³/mol. The summed E-state index contributed by atoms with van der Waals surface area (Å²) in [6, 6.07) is 6.74. The molecule has 0 bridgehead atoms. The first-order chi connectivity index (χ1) is 9.56. The number of hydrogen-bond acceptors (Lipinski definition) is 3. The molecule has 0 radical (unpaired) electrons. The molecule has 0 saturated heterocycles. The van der Waals surface area contributed by atoms with Crippen LogP contribution in [0.5, 0.6) is 0 Å². The summed E-state index contributed by atoms with van der Waals surface area (Å²) in [6.45, 7) is 0. The van der Waals surface area contributed by atoms with Gasteiger partial charge in [-0.3, -0.25) is 9.78 Å². The van der Waals surface area contributed by atoms with Crippen molar-refractivity contribution in [3.05, 3.63) is 59.7 Å². The number of carbonyl (C=O) groups excluding carboxylic acids is 1. The van der Waals surface area contributed by atoms with Crippen LogP contribution in [0.25, 0.3) is 0 Å². The van der Waals surface area contributed by atoms with Crippen LogP contribution >= 0.6 is 0 Å². The lowest BCUT2D eigenvalue weighted by molar-refractivity contribution is -0.115. The van der Waals surface area contributed by atoms with Crippen LogP contribution in [-0.2, 0) is 11.2 Å². The number of pyridine rings is 1. The van der Waals surface area contributed by atoms with E-state index >= 15 is 0 Å². The standard InChI is InChI=1S/C14H11FN2O3/c15-11-7-10(14(19)20)3-4-12(11)17-13(18)6-9-2-1-5-16-8-9/h1-5,7-8H,6H2,(H,17,18)(H,19,20). The second-order valence-electron chi connectivity index (χ2n) is 4.09. The Morgan fingerprint density at radius 1 is 1.30 bits per heavy atom. The molecule has 2 rings (SSSR count). The van der Waals surface area contributed by atoms with Gasteiger partial charge in [-0.1, -0.05) is 6.07 Å². The summed E-state index contributed by atoms with van der Waals surface area (Å²) in [6.07, 6.45) is 3.20. The number of aromatic nitrogens is 1. The Hall–Kier alpha value is -2.76. The highest BCUT2D eigenvalue weighted by atomic mass is 19.1. The number of hydrogen-bond donors (Lipinski definition) is 2. The number of nitrogens with zero attached hydrogens (tertiary/aromatic N) is 1. The Morgan fingerprint density at radius 3 is 2.70 bits per heavy atom. The first kappa shape index (κ1) is 13.7. The maximum absolute atomic E-state index is 13.6. The van der Waals surface area contributed by atoms with Crippen molar-refractivity contribution >= 4 is 17.6 Å². The monoisotopic (exact) mass is 274 g/mol. The van der Waals surface area contributed by atoms with Crippen LogP contribution in [0.2, 0.25) is 0 Å². The molecule has 0 saturated carbocycles. The quantitative estimate of drug-likeness (QED) is 0.894. The largest absolute Gasteiger partial charge is 0.478 e. The molecule has 0 unspecified atom stereocenters. The van der Waals surface area contributed by atoms with Gasteiger partial charge in [0.25, 0.3) is 0 Å². The second kappa shape index (κ2) is 5.92. The van der Waals surface area contributed by atoms with Crippen LogP contribution < -0.4 is 5.32 Å². The number of anilines is 1. The van der Waals surface area contributed by atoms with Crippen LogP contribution in [-0.4, -0.2) is 22.0 Å². The molecule has 0 atom stereocenters. The van der Waals surface area contributed by atoms with Gasteiger partial charge in [-0.05, 0) is 29.8 Å². The molecule has 2 aromatic rings. The third-order valence-corrected chi connectivity index (χ3v) is 2.58. The molecular weight excluding hydrogens is 263 g/mol. The van der Waals surface area contributed by atoms with Gasteiger partial charge in [0.05, 0.1) is 17.7 Å². The zero-order valence-electron chi connectivity index (χ0n) is 10.3. The highest BCUT2D eigenvalue weighted by Gasteiger charge is 2.11. The maximum Gasteiger partial charge on any atom is 0.335 e. The number of nitrogens with one attached hydrogen (secondary N) is 1. The third kappa shape index (κ3) is 3.38. The summed E-state index contributed by atoms with van der Waals surface area (Å²) < 4.78 is 13.6. The third-order valence-electron chi connectivity index (χ3n) is 2.58. The fourth-order valence-corrected chi connectivity index (χ4v) is 1.63. The van der Waals surface area contributed by atoms with Gasteiger partial charge in [-0.25, -0.2) is 9.18 Å². The highest BCUT2D eigenvalue weighted by Crippen LogP contribution is 2.16. The van der Waals surface area contributed by atoms with E-state index in [-0.39, 0.29) is 17.7 Å². The van der Waals surface area contributed by atoms with Crippen molar-refractivity contribution in [2.24, 2.45) is 0 Å². The smallest absolute Gasteiger partial charge is 0.335 e. The molecule has 0 aliphatic rings. The van der Waals surface area contributed by atoms with Crippen LogP contribution in [0.15, 0.2) is 42.7 Å². The Morgan fingerprint density at radius 2 is 2.10 bits per heavy atom. The first-order valence-corrected chi connectivity index (χ1v) is 5.78. The molecule has 0 aliphatic carbocycles. The minimum absolute atomic E-state index is 0.0520. The molecule has 20 heavy (non-hydrogen) atoms. The fourth-order valence-electron chi connectivity index (χ4n) is 1.63. The van der Waals surface area contributed by atoms with E-state index in [0.717, 1.165) is 6.07 Å². The molecule has 2 N–H and O–H groups in total. The van der Waals surface area contributed by atoms with Gasteiger partial charge in [-0.2, -0.15) is 0 Å². The number of carboxylic acids is 1. The Balaban J connectivity index is 2.06. The van der Waals surface area contributed by atoms with E-state index < -0.39 is 17.7 Å². The summed E-state index contributed by atoms with van der Waals surface area (Å²) in [5, 5.41) is 11.1. The number of amides is 1. The molecule has 1 amide bonds. The molecule has 0 spiro atoms. The van der Waals surface area contributed by atoms with E-state index in [9.17, 15) is 14.0 Å². The SMILES string of the molecule is O=C(Cc1cccnc1)Nc1ccc(C(=O)O)cc1F. The summed E-state index contributed by atoms with van der Waals surface area (Å²) in [5.74, 6) is -2.42. The number of rotatable bonds is 4. The molecule has 102 valence electrons. The fraction of sp³-hybridized carbons (Fsp3) is 0.0714. The van der Waals surface area contributed by atoms with Crippen molar-refractivity contribution < 1.29 is 19.1 Å². The molecule has 1 heterocycles. The lowest BCUT2D eigenvalue weighted by Gasteiger charge is -2.07. The minimum Gasteiger partial charge on any atom is -0.478 e. The normalized spacial score (nSPS) is 10.1. The molecule has 1 aromatic heterocycles. The number of aromatic carboxylic acids is 1. The van der Waals surface area contributed by atoms with Crippen molar-refractivity contribution in [3.8, 4) is 0 Å². The van der Waals surface area contributed by atoms with Crippen molar-refractivity contribution in [1.82, 2.24) is 4.98 Å². The minimum atomic E-state index is -1.22. The van der Waals surface area contributed by atoms with Gasteiger partial charge in [0, 0.05) is 12.4 Å². The van der Waals surface area contributed by atoms with Gasteiger partial charge < -0.3 is 10.4 Å². The van der Waals surface area contributed by atoms with Gasteiger partial charge in [0.2, 0.25) is 5.91 Å². The Bertz CT molecular complexity index is 644. The molecule has 0 fully saturated rings. The van der Waals surface area contributed by atoms with Crippen molar-refractivity contribution in [3.63, 3.8) is 0 Å². The molecule has 0 aliphatic heterocycles. The van der Waals surface area contributed by atoms with Gasteiger partial charge in [-0.15, -0.1) is 0 Å². The van der Waals surface area contributed by atoms with Crippen LogP contribution in [0.3, 0.4) is 0 Å². The first-order valence-electron chi connectivity index (χ1n) is 5.78. The molecule has 6 heteroatoms. The molecule has 1 aromatic carbocycles. The van der Waals surface area contributed by atoms with E-state index in [1.165, 1.54) is 12.1 Å². The Labute approximate surface area is 114 Å². The predicted octanol–water partition coefficient (Wildman–Crippen LogP) is 2.10. The average Bonchev–Trinajstić information content (AvgIpc) is 2.42. The summed E-state index contributed by atoms with van der Waals surface area (Å²) >= 11 is 0. The van der Waals surface area contributed by atoms with Crippen molar-refractivity contribution in [2.75, 3.05) is 5.32 Å². The van der Waals surface area contributed by atoms with Crippen molar-refractivity contribution in [2.45, 2.75) is 6.42 Å².